The molecule has 26 heavy (non-hydrogen) atoms. The van der Waals surface area contributed by atoms with E-state index in [1.54, 1.807) is 0 Å². The molecule has 0 unspecified atom stereocenters. The number of nitrogens with zero attached hydrogens (tertiary/aromatic N) is 6. The minimum Gasteiger partial charge on any atom is -0.337 e. The maximum absolute atomic E-state index is 12.5. The number of likely N-dealkylation sites (tertiary alicyclic amines) is 2. The summed E-state index contributed by atoms with van der Waals surface area (Å²) in [4.78, 5) is 21.1. The molecule has 2 aliphatic heterocycles. The molecule has 4 rings (SSSR count). The Balaban J connectivity index is 1.32. The van der Waals surface area contributed by atoms with Crippen LogP contribution in [0.2, 0.25) is 0 Å². The largest absolute Gasteiger partial charge is 0.337 e. The Kier molecular flexibility index (Phi) is 5.24. The molecule has 2 aromatic heterocycles. The van der Waals surface area contributed by atoms with Crippen LogP contribution in [0.1, 0.15) is 54.2 Å². The van der Waals surface area contributed by atoms with Crippen LogP contribution in [-0.4, -0.2) is 61.9 Å². The molecule has 0 atom stereocenters. The fourth-order valence-corrected chi connectivity index (χ4v) is 3.90. The maximum Gasteiger partial charge on any atom is 0.276 e. The minimum absolute atomic E-state index is 0.0324. The summed E-state index contributed by atoms with van der Waals surface area (Å²) in [6.45, 7) is 4.68. The lowest BCUT2D eigenvalue weighted by Crippen LogP contribution is -2.36. The van der Waals surface area contributed by atoms with E-state index in [1.165, 1.54) is 12.0 Å². The van der Waals surface area contributed by atoms with Crippen LogP contribution >= 0.6 is 0 Å². The number of hydrogen-bond acceptors (Lipinski definition) is 5. The third-order valence-corrected chi connectivity index (χ3v) is 5.43. The molecule has 2 fully saturated rings. The molecule has 2 aromatic rings. The van der Waals surface area contributed by atoms with Gasteiger partial charge in [-0.2, -0.15) is 0 Å². The van der Waals surface area contributed by atoms with E-state index in [-0.39, 0.29) is 5.91 Å². The Hall–Kier alpha value is -2.28. The van der Waals surface area contributed by atoms with Crippen LogP contribution < -0.4 is 0 Å². The number of pyridine rings is 1. The van der Waals surface area contributed by atoms with Gasteiger partial charge in [-0.25, -0.2) is 4.68 Å². The van der Waals surface area contributed by atoms with Crippen molar-refractivity contribution in [1.82, 2.24) is 29.8 Å². The van der Waals surface area contributed by atoms with Crippen molar-refractivity contribution in [3.8, 4) is 0 Å². The summed E-state index contributed by atoms with van der Waals surface area (Å²) in [6.07, 6.45) is 11.0. The third kappa shape index (κ3) is 3.93. The van der Waals surface area contributed by atoms with E-state index < -0.39 is 0 Å². The average molecular weight is 354 g/mol. The molecule has 4 heterocycles. The first-order chi connectivity index (χ1) is 12.8. The zero-order valence-corrected chi connectivity index (χ0v) is 15.1. The van der Waals surface area contributed by atoms with E-state index in [0.717, 1.165) is 58.4 Å². The molecular weight excluding hydrogens is 328 g/mol. The van der Waals surface area contributed by atoms with E-state index >= 15 is 0 Å². The number of rotatable bonds is 4. The quantitative estimate of drug-likeness (QED) is 0.841. The number of carbonyl (C=O) groups is 1. The highest BCUT2D eigenvalue weighted by atomic mass is 16.2. The highest BCUT2D eigenvalue weighted by Gasteiger charge is 2.25. The molecule has 2 saturated heterocycles. The fourth-order valence-electron chi connectivity index (χ4n) is 3.90. The van der Waals surface area contributed by atoms with Crippen molar-refractivity contribution in [2.75, 3.05) is 26.2 Å². The Bertz CT molecular complexity index is 717. The Morgan fingerprint density at radius 3 is 2.65 bits per heavy atom. The number of piperidine rings is 2. The second-order valence-electron chi connectivity index (χ2n) is 7.31. The van der Waals surface area contributed by atoms with Gasteiger partial charge in [-0.05, 0) is 43.7 Å². The zero-order valence-electron chi connectivity index (χ0n) is 15.1. The number of amides is 1. The summed E-state index contributed by atoms with van der Waals surface area (Å²) in [6, 6.07) is 4.43. The van der Waals surface area contributed by atoms with E-state index in [9.17, 15) is 4.79 Å². The van der Waals surface area contributed by atoms with Crippen molar-refractivity contribution in [3.63, 3.8) is 0 Å². The van der Waals surface area contributed by atoms with Gasteiger partial charge in [-0.3, -0.25) is 14.7 Å². The lowest BCUT2D eigenvalue weighted by molar-refractivity contribution is 0.0718. The highest BCUT2D eigenvalue weighted by Crippen LogP contribution is 2.23. The number of carbonyl (C=O) groups excluding carboxylic acids is 1. The summed E-state index contributed by atoms with van der Waals surface area (Å²) in [7, 11) is 0. The van der Waals surface area contributed by atoms with Crippen molar-refractivity contribution in [2.45, 2.75) is 44.7 Å². The molecule has 0 bridgehead atoms. The number of hydrogen-bond donors (Lipinski definition) is 0. The van der Waals surface area contributed by atoms with Crippen molar-refractivity contribution >= 4 is 5.91 Å². The topological polar surface area (TPSA) is 67.2 Å². The van der Waals surface area contributed by atoms with Crippen molar-refractivity contribution in [1.29, 1.82) is 0 Å². The first-order valence-electron chi connectivity index (χ1n) is 9.62. The molecule has 0 saturated carbocycles. The summed E-state index contributed by atoms with van der Waals surface area (Å²) < 4.78 is 1.90. The molecule has 0 radical (unpaired) electrons. The molecule has 0 spiro atoms. The Morgan fingerprint density at radius 2 is 1.92 bits per heavy atom. The van der Waals surface area contributed by atoms with Gasteiger partial charge in [0.2, 0.25) is 0 Å². The molecule has 138 valence electrons. The van der Waals surface area contributed by atoms with Gasteiger partial charge < -0.3 is 4.90 Å². The van der Waals surface area contributed by atoms with Gasteiger partial charge in [0.25, 0.3) is 5.91 Å². The standard InChI is InChI=1S/C19H26N6O/c26-19(24-9-2-1-3-10-24)18-15-25(22-21-18)17-6-11-23(12-7-17)14-16-5-4-8-20-13-16/h4-5,8,13,15,17H,1-3,6-7,9-12,14H2. The van der Waals surface area contributed by atoms with Gasteiger partial charge in [-0.1, -0.05) is 11.3 Å². The Morgan fingerprint density at radius 1 is 1.12 bits per heavy atom. The van der Waals surface area contributed by atoms with E-state index in [2.05, 4.69) is 26.3 Å². The predicted molar refractivity (Wildman–Crippen MR) is 97.6 cm³/mol. The lowest BCUT2D eigenvalue weighted by atomic mass is 10.0. The van der Waals surface area contributed by atoms with Gasteiger partial charge in [0.05, 0.1) is 12.2 Å². The van der Waals surface area contributed by atoms with Gasteiger partial charge in [0, 0.05) is 45.1 Å². The average Bonchev–Trinajstić information content (AvgIpc) is 3.20. The lowest BCUT2D eigenvalue weighted by Gasteiger charge is -2.31. The Labute approximate surface area is 154 Å². The molecule has 7 heteroatoms. The number of aromatic nitrogens is 4. The molecule has 2 aliphatic rings. The van der Waals surface area contributed by atoms with E-state index in [1.807, 2.05) is 34.2 Å². The molecule has 0 aliphatic carbocycles. The second-order valence-corrected chi connectivity index (χ2v) is 7.31. The third-order valence-electron chi connectivity index (χ3n) is 5.43. The fraction of sp³-hybridized carbons (Fsp3) is 0.579. The molecule has 7 nitrogen and oxygen atoms in total. The maximum atomic E-state index is 12.5. The first kappa shape index (κ1) is 17.1. The molecule has 0 aromatic carbocycles. The van der Waals surface area contributed by atoms with Crippen LogP contribution in [0.3, 0.4) is 0 Å². The van der Waals surface area contributed by atoms with Gasteiger partial charge in [0.1, 0.15) is 0 Å². The monoisotopic (exact) mass is 354 g/mol. The van der Waals surface area contributed by atoms with Crippen LogP contribution in [0, 0.1) is 0 Å². The summed E-state index contributed by atoms with van der Waals surface area (Å²) in [5.74, 6) is 0.0324. The minimum atomic E-state index is 0.0324. The SMILES string of the molecule is O=C(c1cn(C2CCN(Cc3cccnc3)CC2)nn1)N1CCCCC1. The second kappa shape index (κ2) is 7.95. The first-order valence-corrected chi connectivity index (χ1v) is 9.62. The summed E-state index contributed by atoms with van der Waals surface area (Å²) >= 11 is 0. The van der Waals surface area contributed by atoms with E-state index in [4.69, 9.17) is 0 Å². The van der Waals surface area contributed by atoms with Crippen LogP contribution in [0.5, 0.6) is 0 Å². The van der Waals surface area contributed by atoms with E-state index in [0.29, 0.717) is 11.7 Å². The summed E-state index contributed by atoms with van der Waals surface area (Å²) in [5, 5.41) is 8.41. The molecule has 1 amide bonds. The molecule has 0 N–H and O–H groups in total. The van der Waals surface area contributed by atoms with Crippen molar-refractivity contribution in [3.05, 3.63) is 42.0 Å². The van der Waals surface area contributed by atoms with Crippen LogP contribution in [0.25, 0.3) is 0 Å². The van der Waals surface area contributed by atoms with Crippen LogP contribution in [0.4, 0.5) is 0 Å². The van der Waals surface area contributed by atoms with Gasteiger partial charge >= 0.3 is 0 Å². The molecular formula is C19H26N6O. The zero-order chi connectivity index (χ0) is 17.8. The summed E-state index contributed by atoms with van der Waals surface area (Å²) in [5.41, 5.74) is 1.74. The van der Waals surface area contributed by atoms with Crippen molar-refractivity contribution < 1.29 is 4.79 Å². The van der Waals surface area contributed by atoms with Crippen LogP contribution in [0.15, 0.2) is 30.7 Å². The normalized spacial score (nSPS) is 19.6. The van der Waals surface area contributed by atoms with Crippen molar-refractivity contribution in [2.24, 2.45) is 0 Å². The van der Waals surface area contributed by atoms with Crippen LogP contribution in [-0.2, 0) is 6.54 Å². The van der Waals surface area contributed by atoms with Gasteiger partial charge in [0.15, 0.2) is 5.69 Å². The van der Waals surface area contributed by atoms with Gasteiger partial charge in [-0.15, -0.1) is 5.10 Å². The highest BCUT2D eigenvalue weighted by molar-refractivity contribution is 5.91. The smallest absolute Gasteiger partial charge is 0.276 e. The predicted octanol–water partition coefficient (Wildman–Crippen LogP) is 2.14.